The summed E-state index contributed by atoms with van der Waals surface area (Å²) in [6.45, 7) is 4.80. The highest BCUT2D eigenvalue weighted by Crippen LogP contribution is 2.28. The third-order valence-electron chi connectivity index (χ3n) is 3.26. The molecule has 21 heavy (non-hydrogen) atoms. The molecule has 0 bridgehead atoms. The van der Waals surface area contributed by atoms with E-state index >= 15 is 0 Å². The summed E-state index contributed by atoms with van der Waals surface area (Å²) in [6, 6.07) is 12.1. The Morgan fingerprint density at radius 1 is 1.29 bits per heavy atom. The number of alkyl halides is 1. The van der Waals surface area contributed by atoms with Crippen molar-refractivity contribution in [3.8, 4) is 5.75 Å². The molecule has 1 amide bonds. The minimum Gasteiger partial charge on any atom is -0.493 e. The van der Waals surface area contributed by atoms with Crippen LogP contribution in [0.4, 0.5) is 0 Å². The van der Waals surface area contributed by atoms with Gasteiger partial charge in [-0.1, -0.05) is 37.3 Å². The van der Waals surface area contributed by atoms with Crippen LogP contribution < -0.4 is 10.1 Å². The van der Waals surface area contributed by atoms with Crippen LogP contribution in [0.2, 0.25) is 0 Å². The number of carbonyl (C=O) groups excluding carboxylic acids is 1. The van der Waals surface area contributed by atoms with Crippen molar-refractivity contribution in [2.45, 2.75) is 32.2 Å². The third-order valence-corrected chi connectivity index (χ3v) is 3.46. The van der Waals surface area contributed by atoms with Crippen molar-refractivity contribution in [2.24, 2.45) is 0 Å². The molecule has 1 N–H and O–H groups in total. The monoisotopic (exact) mass is 305 g/mol. The molecule has 0 aliphatic heterocycles. The van der Waals surface area contributed by atoms with Crippen molar-refractivity contribution in [3.63, 3.8) is 0 Å². The molecular formula is C17H20ClNO2. The van der Waals surface area contributed by atoms with E-state index in [1.165, 1.54) is 0 Å². The Morgan fingerprint density at radius 2 is 2.05 bits per heavy atom. The number of hydrogen-bond donors (Lipinski definition) is 1. The highest BCUT2D eigenvalue weighted by atomic mass is 35.5. The fraction of sp³-hybridized carbons (Fsp3) is 0.353. The normalized spacial score (nSPS) is 12.1. The number of benzene rings is 2. The predicted molar refractivity (Wildman–Crippen MR) is 86.9 cm³/mol. The molecule has 0 aliphatic carbocycles. The van der Waals surface area contributed by atoms with Crippen LogP contribution in [-0.4, -0.2) is 17.9 Å². The van der Waals surface area contributed by atoms with E-state index in [1.807, 2.05) is 30.3 Å². The molecule has 0 aliphatic rings. The van der Waals surface area contributed by atoms with E-state index in [1.54, 1.807) is 6.92 Å². The standard InChI is InChI=1S/C17H20ClNO2/c1-3-10-21-16-9-8-13-6-4-5-7-14(13)15(16)11-19-17(20)12(2)18/h4-9,12H,3,10-11H2,1-2H3,(H,19,20). The van der Waals surface area contributed by atoms with Crippen molar-refractivity contribution in [1.82, 2.24) is 5.32 Å². The molecule has 0 saturated heterocycles. The van der Waals surface area contributed by atoms with Crippen LogP contribution in [0.3, 0.4) is 0 Å². The number of fused-ring (bicyclic) bond motifs is 1. The summed E-state index contributed by atoms with van der Waals surface area (Å²) < 4.78 is 5.80. The molecule has 2 rings (SSSR count). The van der Waals surface area contributed by atoms with Gasteiger partial charge in [-0.05, 0) is 30.2 Å². The SMILES string of the molecule is CCCOc1ccc2ccccc2c1CNC(=O)C(C)Cl. The van der Waals surface area contributed by atoms with E-state index in [9.17, 15) is 4.79 Å². The Balaban J connectivity index is 2.33. The van der Waals surface area contributed by atoms with Crippen LogP contribution in [0.25, 0.3) is 10.8 Å². The number of carbonyl (C=O) groups is 1. The van der Waals surface area contributed by atoms with E-state index < -0.39 is 5.38 Å². The summed E-state index contributed by atoms with van der Waals surface area (Å²) >= 11 is 5.79. The van der Waals surface area contributed by atoms with E-state index in [0.29, 0.717) is 13.2 Å². The van der Waals surface area contributed by atoms with E-state index in [2.05, 4.69) is 18.3 Å². The number of amides is 1. The molecule has 0 saturated carbocycles. The fourth-order valence-corrected chi connectivity index (χ4v) is 2.24. The Bertz CT molecular complexity index is 625. The lowest BCUT2D eigenvalue weighted by atomic mass is 10.0. The minimum absolute atomic E-state index is 0.175. The average Bonchev–Trinajstić information content (AvgIpc) is 2.50. The van der Waals surface area contributed by atoms with E-state index in [4.69, 9.17) is 16.3 Å². The highest BCUT2D eigenvalue weighted by molar-refractivity contribution is 6.30. The molecule has 4 heteroatoms. The lowest BCUT2D eigenvalue weighted by Gasteiger charge is -2.15. The third kappa shape index (κ3) is 3.88. The van der Waals surface area contributed by atoms with Crippen molar-refractivity contribution >= 4 is 28.3 Å². The van der Waals surface area contributed by atoms with Crippen LogP contribution in [0, 0.1) is 0 Å². The molecule has 2 aromatic rings. The second-order valence-electron chi connectivity index (χ2n) is 4.95. The number of halogens is 1. The lowest BCUT2D eigenvalue weighted by molar-refractivity contribution is -0.120. The second-order valence-corrected chi connectivity index (χ2v) is 5.60. The van der Waals surface area contributed by atoms with Gasteiger partial charge in [0, 0.05) is 12.1 Å². The molecule has 0 spiro atoms. The van der Waals surface area contributed by atoms with Crippen LogP contribution in [0.1, 0.15) is 25.8 Å². The molecule has 2 aromatic carbocycles. The van der Waals surface area contributed by atoms with Crippen LogP contribution in [0.5, 0.6) is 5.75 Å². The van der Waals surface area contributed by atoms with Crippen LogP contribution in [-0.2, 0) is 11.3 Å². The maximum Gasteiger partial charge on any atom is 0.238 e. The van der Waals surface area contributed by atoms with Gasteiger partial charge in [0.15, 0.2) is 0 Å². The molecule has 0 fully saturated rings. The number of nitrogens with one attached hydrogen (secondary N) is 1. The quantitative estimate of drug-likeness (QED) is 0.823. The van der Waals surface area contributed by atoms with Crippen LogP contribution in [0.15, 0.2) is 36.4 Å². The van der Waals surface area contributed by atoms with Crippen molar-refractivity contribution in [3.05, 3.63) is 42.0 Å². The fourth-order valence-electron chi connectivity index (χ4n) is 2.16. The number of ether oxygens (including phenoxy) is 1. The van der Waals surface area contributed by atoms with E-state index in [0.717, 1.165) is 28.5 Å². The van der Waals surface area contributed by atoms with Gasteiger partial charge < -0.3 is 10.1 Å². The second kappa shape index (κ2) is 7.32. The predicted octanol–water partition coefficient (Wildman–Crippen LogP) is 3.87. The lowest BCUT2D eigenvalue weighted by Crippen LogP contribution is -2.29. The first-order valence-corrected chi connectivity index (χ1v) is 7.62. The first-order valence-electron chi connectivity index (χ1n) is 7.18. The topological polar surface area (TPSA) is 38.3 Å². The molecule has 112 valence electrons. The maximum absolute atomic E-state index is 11.7. The van der Waals surface area contributed by atoms with Gasteiger partial charge in [0.25, 0.3) is 0 Å². The largest absolute Gasteiger partial charge is 0.493 e. The van der Waals surface area contributed by atoms with Gasteiger partial charge in [0.05, 0.1) is 6.61 Å². The number of rotatable bonds is 6. The van der Waals surface area contributed by atoms with Gasteiger partial charge in [-0.3, -0.25) is 4.79 Å². The number of hydrogen-bond acceptors (Lipinski definition) is 2. The Hall–Kier alpha value is -1.74. The first-order chi connectivity index (χ1) is 10.1. The molecule has 3 nitrogen and oxygen atoms in total. The van der Waals surface area contributed by atoms with Crippen molar-refractivity contribution in [2.75, 3.05) is 6.61 Å². The van der Waals surface area contributed by atoms with Crippen molar-refractivity contribution in [1.29, 1.82) is 0 Å². The molecule has 0 heterocycles. The molecule has 0 radical (unpaired) electrons. The van der Waals surface area contributed by atoms with Gasteiger partial charge in [-0.25, -0.2) is 0 Å². The summed E-state index contributed by atoms with van der Waals surface area (Å²) in [6.07, 6.45) is 0.942. The van der Waals surface area contributed by atoms with Gasteiger partial charge in [-0.2, -0.15) is 0 Å². The molecular weight excluding hydrogens is 286 g/mol. The van der Waals surface area contributed by atoms with Gasteiger partial charge >= 0.3 is 0 Å². The molecule has 1 unspecified atom stereocenters. The summed E-state index contributed by atoms with van der Waals surface area (Å²) in [5.41, 5.74) is 0.993. The summed E-state index contributed by atoms with van der Waals surface area (Å²) in [4.78, 5) is 11.7. The molecule has 0 aromatic heterocycles. The minimum atomic E-state index is -0.542. The van der Waals surface area contributed by atoms with Gasteiger partial charge in [-0.15, -0.1) is 11.6 Å². The van der Waals surface area contributed by atoms with Gasteiger partial charge in [0.2, 0.25) is 5.91 Å². The zero-order valence-corrected chi connectivity index (χ0v) is 13.1. The highest BCUT2D eigenvalue weighted by Gasteiger charge is 2.12. The summed E-state index contributed by atoms with van der Waals surface area (Å²) in [7, 11) is 0. The zero-order valence-electron chi connectivity index (χ0n) is 12.4. The summed E-state index contributed by atoms with van der Waals surface area (Å²) in [5.74, 6) is 0.643. The smallest absolute Gasteiger partial charge is 0.238 e. The van der Waals surface area contributed by atoms with Crippen molar-refractivity contribution < 1.29 is 9.53 Å². The average molecular weight is 306 g/mol. The van der Waals surface area contributed by atoms with Gasteiger partial charge in [0.1, 0.15) is 11.1 Å². The van der Waals surface area contributed by atoms with Crippen LogP contribution >= 0.6 is 11.6 Å². The Kier molecular flexibility index (Phi) is 5.45. The Labute approximate surface area is 130 Å². The van der Waals surface area contributed by atoms with E-state index in [-0.39, 0.29) is 5.91 Å². The first kappa shape index (κ1) is 15.6. The molecule has 1 atom stereocenters. The zero-order chi connectivity index (χ0) is 15.2. The Morgan fingerprint density at radius 3 is 2.76 bits per heavy atom. The maximum atomic E-state index is 11.7. The summed E-state index contributed by atoms with van der Waals surface area (Å²) in [5, 5.41) is 4.54.